The number of ketones is 1. The van der Waals surface area contributed by atoms with Crippen molar-refractivity contribution in [2.24, 2.45) is 0 Å². The van der Waals surface area contributed by atoms with E-state index in [4.69, 9.17) is 13.3 Å². The third-order valence-corrected chi connectivity index (χ3v) is 9.37. The molecule has 5 nitrogen and oxygen atoms in total. The van der Waals surface area contributed by atoms with Crippen LogP contribution in [0.15, 0.2) is 0 Å². The van der Waals surface area contributed by atoms with E-state index in [2.05, 4.69) is 34.6 Å². The maximum Gasteiger partial charge on any atom is 0.500 e. The van der Waals surface area contributed by atoms with Gasteiger partial charge in [0.1, 0.15) is 0 Å². The van der Waals surface area contributed by atoms with Crippen molar-refractivity contribution >= 4 is 31.5 Å². The molecule has 0 spiro atoms. The molecular weight excluding hydrogens is 428 g/mol. The Morgan fingerprint density at radius 3 is 1.65 bits per heavy atom. The number of thioether (sulfide) groups is 1. The molecule has 1 atom stereocenters. The van der Waals surface area contributed by atoms with Crippen LogP contribution < -0.4 is 0 Å². The van der Waals surface area contributed by atoms with Gasteiger partial charge in [0, 0.05) is 37.5 Å². The van der Waals surface area contributed by atoms with Crippen LogP contribution in [0.3, 0.4) is 0 Å². The van der Waals surface area contributed by atoms with Gasteiger partial charge in [-0.3, -0.25) is 9.59 Å². The van der Waals surface area contributed by atoms with Gasteiger partial charge in [-0.1, -0.05) is 78.5 Å². The Morgan fingerprint density at radius 2 is 1.23 bits per heavy atom. The van der Waals surface area contributed by atoms with Crippen LogP contribution in [0.4, 0.5) is 0 Å². The smallest absolute Gasteiger partial charge is 0.373 e. The van der Waals surface area contributed by atoms with Gasteiger partial charge in [0.2, 0.25) is 5.78 Å². The minimum Gasteiger partial charge on any atom is -0.373 e. The normalized spacial score (nSPS) is 12.8. The third-order valence-electron chi connectivity index (χ3n) is 5.20. The molecule has 7 heteroatoms. The van der Waals surface area contributed by atoms with Gasteiger partial charge in [-0.05, 0) is 38.5 Å². The van der Waals surface area contributed by atoms with Crippen molar-refractivity contribution < 1.29 is 22.9 Å². The fraction of sp³-hybridized carbons (Fsp3) is 0.917. The van der Waals surface area contributed by atoms with E-state index in [-0.39, 0.29) is 16.1 Å². The van der Waals surface area contributed by atoms with E-state index in [1.54, 1.807) is 0 Å². The zero-order chi connectivity index (χ0) is 23.4. The summed E-state index contributed by atoms with van der Waals surface area (Å²) in [6.45, 7) is 12.6. The van der Waals surface area contributed by atoms with E-state index in [1.807, 2.05) is 0 Å². The second-order valence-electron chi connectivity index (χ2n) is 8.14. The lowest BCUT2D eigenvalue weighted by Crippen LogP contribution is -2.47. The van der Waals surface area contributed by atoms with E-state index in [1.165, 1.54) is 11.8 Å². The van der Waals surface area contributed by atoms with Crippen LogP contribution in [-0.2, 0) is 22.9 Å². The molecule has 0 bridgehead atoms. The Balaban J connectivity index is 5.02. The Bertz CT molecular complexity index is 435. The minimum absolute atomic E-state index is 0.0915. The first-order valence-corrected chi connectivity index (χ1v) is 15.4. The molecule has 0 aromatic carbocycles. The predicted octanol–water partition coefficient (Wildman–Crippen LogP) is 6.95. The summed E-state index contributed by atoms with van der Waals surface area (Å²) in [6.07, 6.45) is 11.0. The molecule has 0 aliphatic heterocycles. The molecule has 1 unspecified atom stereocenters. The van der Waals surface area contributed by atoms with Crippen LogP contribution in [0.5, 0.6) is 0 Å². The van der Waals surface area contributed by atoms with E-state index in [0.29, 0.717) is 32.3 Å². The predicted molar refractivity (Wildman–Crippen MR) is 134 cm³/mol. The second-order valence-corrected chi connectivity index (χ2v) is 12.1. The molecule has 0 aromatic rings. The van der Waals surface area contributed by atoms with Gasteiger partial charge in [-0.2, -0.15) is 0 Å². The SMILES string of the molecule is CCCCCC(=O)C(=O)SC(CC)CC[Si](OCCCC)(OCCCC)OCCCC. The van der Waals surface area contributed by atoms with E-state index < -0.39 is 8.80 Å². The molecule has 0 fully saturated rings. The van der Waals surface area contributed by atoms with Crippen LogP contribution in [0.2, 0.25) is 6.04 Å². The lowest BCUT2D eigenvalue weighted by Gasteiger charge is -2.31. The topological polar surface area (TPSA) is 61.8 Å². The second kappa shape index (κ2) is 20.4. The molecular formula is C24H48O5SSi. The van der Waals surface area contributed by atoms with Gasteiger partial charge in [-0.15, -0.1) is 0 Å². The van der Waals surface area contributed by atoms with Crippen molar-refractivity contribution in [1.29, 1.82) is 0 Å². The van der Waals surface area contributed by atoms with E-state index >= 15 is 0 Å². The molecule has 0 N–H and O–H groups in total. The summed E-state index contributed by atoms with van der Waals surface area (Å²) < 4.78 is 18.9. The van der Waals surface area contributed by atoms with Gasteiger partial charge < -0.3 is 13.3 Å². The molecule has 0 saturated carbocycles. The lowest BCUT2D eigenvalue weighted by atomic mass is 10.1. The summed E-state index contributed by atoms with van der Waals surface area (Å²) in [6, 6.07) is 0.701. The summed E-state index contributed by atoms with van der Waals surface area (Å²) in [5, 5.41) is -0.199. The largest absolute Gasteiger partial charge is 0.500 e. The molecule has 0 aliphatic carbocycles. The standard InChI is InChI=1S/C24H48O5SSi/c1-6-11-15-16-23(25)24(26)30-22(10-5)17-21-31(27-18-12-7-2,28-19-13-8-3)29-20-14-9-4/h22H,6-21H2,1-5H3. The van der Waals surface area contributed by atoms with Crippen molar-refractivity contribution in [1.82, 2.24) is 0 Å². The fourth-order valence-corrected chi connectivity index (χ4v) is 6.90. The van der Waals surface area contributed by atoms with Gasteiger partial charge >= 0.3 is 8.80 Å². The monoisotopic (exact) mass is 476 g/mol. The highest BCUT2D eigenvalue weighted by Crippen LogP contribution is 2.28. The van der Waals surface area contributed by atoms with Gasteiger partial charge in [0.15, 0.2) is 0 Å². The summed E-state index contributed by atoms with van der Waals surface area (Å²) in [4.78, 5) is 24.6. The number of hydrogen-bond acceptors (Lipinski definition) is 6. The summed E-state index contributed by atoms with van der Waals surface area (Å²) in [7, 11) is -2.80. The average molecular weight is 477 g/mol. The van der Waals surface area contributed by atoms with E-state index in [9.17, 15) is 9.59 Å². The number of carbonyl (C=O) groups excluding carboxylic acids is 2. The Labute approximate surface area is 197 Å². The van der Waals surface area contributed by atoms with Crippen LogP contribution in [0.1, 0.15) is 112 Å². The maximum atomic E-state index is 12.4. The van der Waals surface area contributed by atoms with Gasteiger partial charge in [0.05, 0.1) is 0 Å². The van der Waals surface area contributed by atoms with Crippen molar-refractivity contribution in [2.45, 2.75) is 123 Å². The fourth-order valence-electron chi connectivity index (χ4n) is 3.00. The zero-order valence-corrected chi connectivity index (χ0v) is 22.7. The van der Waals surface area contributed by atoms with Crippen LogP contribution in [0.25, 0.3) is 0 Å². The van der Waals surface area contributed by atoms with Crippen LogP contribution in [-0.4, -0.2) is 44.8 Å². The van der Waals surface area contributed by atoms with Gasteiger partial charge in [-0.25, -0.2) is 0 Å². The quantitative estimate of drug-likeness (QED) is 0.0956. The Hall–Kier alpha value is -0.213. The van der Waals surface area contributed by atoms with Crippen molar-refractivity contribution in [3.05, 3.63) is 0 Å². The molecule has 0 heterocycles. The highest BCUT2D eigenvalue weighted by Gasteiger charge is 2.41. The number of unbranched alkanes of at least 4 members (excludes halogenated alkanes) is 5. The number of Topliss-reactive ketones (excluding diaryl/α,β-unsaturated/α-hetero) is 1. The first-order valence-electron chi connectivity index (χ1n) is 12.6. The Kier molecular flexibility index (Phi) is 20.3. The minimum atomic E-state index is -2.80. The Morgan fingerprint density at radius 1 is 0.742 bits per heavy atom. The summed E-state index contributed by atoms with van der Waals surface area (Å²) >= 11 is 1.20. The molecule has 0 aliphatic rings. The highest BCUT2D eigenvalue weighted by atomic mass is 32.2. The van der Waals surface area contributed by atoms with Crippen molar-refractivity contribution in [3.8, 4) is 0 Å². The van der Waals surface area contributed by atoms with Crippen LogP contribution in [0, 0.1) is 0 Å². The zero-order valence-electron chi connectivity index (χ0n) is 20.8. The molecule has 184 valence electrons. The number of rotatable bonds is 22. The number of carbonyl (C=O) groups is 2. The number of hydrogen-bond donors (Lipinski definition) is 0. The molecule has 0 amide bonds. The highest BCUT2D eigenvalue weighted by molar-refractivity contribution is 8.15. The molecule has 0 aromatic heterocycles. The average Bonchev–Trinajstić information content (AvgIpc) is 2.77. The van der Waals surface area contributed by atoms with Gasteiger partial charge in [0.25, 0.3) is 5.12 Å². The molecule has 0 radical (unpaired) electrons. The summed E-state index contributed by atoms with van der Waals surface area (Å²) in [5.74, 6) is -0.238. The first-order chi connectivity index (χ1) is 15.0. The van der Waals surface area contributed by atoms with Crippen molar-refractivity contribution in [2.75, 3.05) is 19.8 Å². The molecule has 31 heavy (non-hydrogen) atoms. The maximum absolute atomic E-state index is 12.4. The third kappa shape index (κ3) is 15.3. The molecule has 0 rings (SSSR count). The van der Waals surface area contributed by atoms with Crippen LogP contribution >= 0.6 is 11.8 Å². The lowest BCUT2D eigenvalue weighted by molar-refractivity contribution is -0.131. The van der Waals surface area contributed by atoms with Crippen molar-refractivity contribution in [3.63, 3.8) is 0 Å². The first kappa shape index (κ1) is 30.8. The van der Waals surface area contributed by atoms with E-state index in [0.717, 1.165) is 70.6 Å². The molecule has 0 saturated heterocycles. The summed E-state index contributed by atoms with van der Waals surface area (Å²) in [5.41, 5.74) is 0.